The highest BCUT2D eigenvalue weighted by Crippen LogP contribution is 2.17. The van der Waals surface area contributed by atoms with Crippen LogP contribution in [0.4, 0.5) is 0 Å². The van der Waals surface area contributed by atoms with Gasteiger partial charge in [-0.05, 0) is 58.1 Å². The number of nitrogens with zero attached hydrogens (tertiary/aromatic N) is 1. The Labute approximate surface area is 126 Å². The molecule has 0 aromatic heterocycles. The molecule has 0 heterocycles. The van der Waals surface area contributed by atoms with E-state index >= 15 is 0 Å². The monoisotopic (exact) mass is 297 g/mol. The third-order valence-corrected chi connectivity index (χ3v) is 3.75. The molecule has 5 heteroatoms. The van der Waals surface area contributed by atoms with E-state index in [2.05, 4.69) is 31.1 Å². The standard InChI is InChI=1S/C15H24ClN3O/c1-11(2)19(3)8-4-7-18-10-13-6-5-12(15(17)20)9-14(13)16/h5-6,9,11,18H,4,7-8,10H2,1-3H3,(H2,17,20). The fourth-order valence-electron chi connectivity index (χ4n) is 1.78. The average Bonchev–Trinajstić information content (AvgIpc) is 2.39. The van der Waals surface area contributed by atoms with E-state index in [9.17, 15) is 4.79 Å². The molecule has 0 fully saturated rings. The van der Waals surface area contributed by atoms with Gasteiger partial charge in [-0.3, -0.25) is 4.79 Å². The Morgan fingerprint density at radius 2 is 2.15 bits per heavy atom. The highest BCUT2D eigenvalue weighted by atomic mass is 35.5. The van der Waals surface area contributed by atoms with Gasteiger partial charge in [0, 0.05) is 23.2 Å². The Kier molecular flexibility index (Phi) is 6.99. The molecule has 0 unspecified atom stereocenters. The van der Waals surface area contributed by atoms with Gasteiger partial charge in [-0.1, -0.05) is 17.7 Å². The van der Waals surface area contributed by atoms with E-state index in [-0.39, 0.29) is 0 Å². The van der Waals surface area contributed by atoms with Crippen molar-refractivity contribution in [3.05, 3.63) is 34.3 Å². The van der Waals surface area contributed by atoms with Crippen LogP contribution in [0, 0.1) is 0 Å². The SMILES string of the molecule is CC(C)N(C)CCCNCc1ccc(C(N)=O)cc1Cl. The summed E-state index contributed by atoms with van der Waals surface area (Å²) in [5.74, 6) is -0.455. The van der Waals surface area contributed by atoms with E-state index in [0.717, 1.165) is 25.1 Å². The topological polar surface area (TPSA) is 58.4 Å². The van der Waals surface area contributed by atoms with Gasteiger partial charge in [0.05, 0.1) is 0 Å². The number of benzene rings is 1. The van der Waals surface area contributed by atoms with Crippen LogP contribution in [0.15, 0.2) is 18.2 Å². The Morgan fingerprint density at radius 1 is 1.45 bits per heavy atom. The van der Waals surface area contributed by atoms with E-state index < -0.39 is 5.91 Å². The minimum atomic E-state index is -0.455. The second-order valence-corrected chi connectivity index (χ2v) is 5.68. The Balaban J connectivity index is 2.34. The lowest BCUT2D eigenvalue weighted by atomic mass is 10.1. The number of hydrogen-bond donors (Lipinski definition) is 2. The molecule has 0 bridgehead atoms. The number of hydrogen-bond acceptors (Lipinski definition) is 3. The van der Waals surface area contributed by atoms with Crippen molar-refractivity contribution in [3.63, 3.8) is 0 Å². The first-order valence-electron chi connectivity index (χ1n) is 6.91. The lowest BCUT2D eigenvalue weighted by Crippen LogP contribution is -2.29. The van der Waals surface area contributed by atoms with Crippen LogP contribution in [-0.4, -0.2) is 37.0 Å². The van der Waals surface area contributed by atoms with Crippen LogP contribution in [0.3, 0.4) is 0 Å². The minimum Gasteiger partial charge on any atom is -0.366 e. The smallest absolute Gasteiger partial charge is 0.248 e. The Morgan fingerprint density at radius 3 is 2.70 bits per heavy atom. The molecule has 1 aromatic rings. The van der Waals surface area contributed by atoms with Crippen molar-refractivity contribution in [2.75, 3.05) is 20.1 Å². The zero-order valence-corrected chi connectivity index (χ0v) is 13.2. The Hall–Kier alpha value is -1.10. The molecule has 0 aliphatic carbocycles. The summed E-state index contributed by atoms with van der Waals surface area (Å²) in [5, 5.41) is 3.94. The number of primary amides is 1. The lowest BCUT2D eigenvalue weighted by Gasteiger charge is -2.20. The number of halogens is 1. The summed E-state index contributed by atoms with van der Waals surface area (Å²) in [7, 11) is 2.13. The molecule has 0 spiro atoms. The first kappa shape index (κ1) is 17.0. The maximum absolute atomic E-state index is 11.0. The highest BCUT2D eigenvalue weighted by Gasteiger charge is 2.06. The first-order chi connectivity index (χ1) is 9.41. The molecule has 0 atom stereocenters. The summed E-state index contributed by atoms with van der Waals surface area (Å²) in [6, 6.07) is 5.74. The van der Waals surface area contributed by atoms with Crippen molar-refractivity contribution >= 4 is 17.5 Å². The zero-order valence-electron chi connectivity index (χ0n) is 12.4. The summed E-state index contributed by atoms with van der Waals surface area (Å²) in [6.45, 7) is 7.08. The predicted molar refractivity (Wildman–Crippen MR) is 84.1 cm³/mol. The van der Waals surface area contributed by atoms with Gasteiger partial charge < -0.3 is 16.0 Å². The summed E-state index contributed by atoms with van der Waals surface area (Å²) in [6.07, 6.45) is 1.09. The molecular formula is C15H24ClN3O. The van der Waals surface area contributed by atoms with Crippen molar-refractivity contribution in [1.29, 1.82) is 0 Å². The zero-order chi connectivity index (χ0) is 15.1. The largest absolute Gasteiger partial charge is 0.366 e. The van der Waals surface area contributed by atoms with Gasteiger partial charge in [-0.2, -0.15) is 0 Å². The van der Waals surface area contributed by atoms with E-state index in [1.165, 1.54) is 0 Å². The van der Waals surface area contributed by atoms with Crippen LogP contribution in [0.5, 0.6) is 0 Å². The average molecular weight is 298 g/mol. The normalized spacial score (nSPS) is 11.3. The van der Waals surface area contributed by atoms with Gasteiger partial charge in [0.2, 0.25) is 5.91 Å². The van der Waals surface area contributed by atoms with E-state index in [1.54, 1.807) is 12.1 Å². The lowest BCUT2D eigenvalue weighted by molar-refractivity contribution is 0.100. The minimum absolute atomic E-state index is 0.442. The van der Waals surface area contributed by atoms with Crippen molar-refractivity contribution in [1.82, 2.24) is 10.2 Å². The first-order valence-corrected chi connectivity index (χ1v) is 7.28. The van der Waals surface area contributed by atoms with Crippen molar-refractivity contribution in [2.45, 2.75) is 32.9 Å². The van der Waals surface area contributed by atoms with Crippen molar-refractivity contribution in [2.24, 2.45) is 5.73 Å². The molecule has 112 valence electrons. The molecule has 3 N–H and O–H groups in total. The molecule has 0 aliphatic rings. The van der Waals surface area contributed by atoms with Gasteiger partial charge in [-0.15, -0.1) is 0 Å². The quantitative estimate of drug-likeness (QED) is 0.724. The molecular weight excluding hydrogens is 274 g/mol. The predicted octanol–water partition coefficient (Wildman–Crippen LogP) is 2.26. The molecule has 20 heavy (non-hydrogen) atoms. The van der Waals surface area contributed by atoms with Gasteiger partial charge >= 0.3 is 0 Å². The number of carbonyl (C=O) groups excluding carboxylic acids is 1. The second-order valence-electron chi connectivity index (χ2n) is 5.28. The van der Waals surface area contributed by atoms with E-state index in [4.69, 9.17) is 17.3 Å². The van der Waals surface area contributed by atoms with E-state index in [0.29, 0.717) is 23.2 Å². The third-order valence-electron chi connectivity index (χ3n) is 3.40. The summed E-state index contributed by atoms with van der Waals surface area (Å²) in [4.78, 5) is 13.3. The van der Waals surface area contributed by atoms with Crippen LogP contribution >= 0.6 is 11.6 Å². The molecule has 4 nitrogen and oxygen atoms in total. The van der Waals surface area contributed by atoms with Crippen LogP contribution < -0.4 is 11.1 Å². The fourth-order valence-corrected chi connectivity index (χ4v) is 2.03. The molecule has 0 radical (unpaired) electrons. The highest BCUT2D eigenvalue weighted by molar-refractivity contribution is 6.31. The third kappa shape index (κ3) is 5.49. The molecule has 1 amide bonds. The number of carbonyl (C=O) groups is 1. The molecule has 0 aliphatic heterocycles. The maximum Gasteiger partial charge on any atom is 0.248 e. The number of nitrogens with two attached hydrogens (primary N) is 1. The maximum atomic E-state index is 11.0. The van der Waals surface area contributed by atoms with Gasteiger partial charge in [0.1, 0.15) is 0 Å². The van der Waals surface area contributed by atoms with Gasteiger partial charge in [-0.25, -0.2) is 0 Å². The van der Waals surface area contributed by atoms with Crippen molar-refractivity contribution < 1.29 is 4.79 Å². The van der Waals surface area contributed by atoms with Crippen LogP contribution in [0.25, 0.3) is 0 Å². The summed E-state index contributed by atoms with van der Waals surface area (Å²) < 4.78 is 0. The van der Waals surface area contributed by atoms with Crippen LogP contribution in [-0.2, 0) is 6.54 Å². The van der Waals surface area contributed by atoms with Gasteiger partial charge in [0.25, 0.3) is 0 Å². The summed E-state index contributed by atoms with van der Waals surface area (Å²) >= 11 is 6.12. The second kappa shape index (κ2) is 8.25. The van der Waals surface area contributed by atoms with E-state index in [1.807, 2.05) is 6.07 Å². The van der Waals surface area contributed by atoms with Crippen molar-refractivity contribution in [3.8, 4) is 0 Å². The van der Waals surface area contributed by atoms with Crippen LogP contribution in [0.1, 0.15) is 36.2 Å². The molecule has 0 saturated heterocycles. The molecule has 1 rings (SSSR count). The number of amides is 1. The Bertz CT molecular complexity index is 449. The fraction of sp³-hybridized carbons (Fsp3) is 0.533. The summed E-state index contributed by atoms with van der Waals surface area (Å²) in [5.41, 5.74) is 6.63. The molecule has 1 aromatic carbocycles. The van der Waals surface area contributed by atoms with Gasteiger partial charge in [0.15, 0.2) is 0 Å². The van der Waals surface area contributed by atoms with Crippen LogP contribution in [0.2, 0.25) is 5.02 Å². The molecule has 0 saturated carbocycles. The number of rotatable bonds is 8. The number of nitrogens with one attached hydrogen (secondary N) is 1.